The van der Waals surface area contributed by atoms with Gasteiger partial charge in [-0.3, -0.25) is 0 Å². The van der Waals surface area contributed by atoms with Crippen LogP contribution in [0.25, 0.3) is 5.70 Å². The molecule has 0 atom stereocenters. The van der Waals surface area contributed by atoms with E-state index < -0.39 is 0 Å². The molecule has 1 N–H and O–H groups in total. The van der Waals surface area contributed by atoms with Crippen molar-refractivity contribution in [1.82, 2.24) is 5.32 Å². The minimum absolute atomic E-state index is 0.357. The van der Waals surface area contributed by atoms with Gasteiger partial charge in [0.25, 0.3) is 0 Å². The van der Waals surface area contributed by atoms with Gasteiger partial charge in [0.2, 0.25) is 0 Å². The van der Waals surface area contributed by atoms with Crippen molar-refractivity contribution in [1.29, 1.82) is 0 Å². The van der Waals surface area contributed by atoms with Gasteiger partial charge in [0, 0.05) is 23.9 Å². The van der Waals surface area contributed by atoms with Crippen LogP contribution in [0.1, 0.15) is 18.1 Å². The van der Waals surface area contributed by atoms with Crippen molar-refractivity contribution in [2.75, 3.05) is 20.3 Å². The highest BCUT2D eigenvalue weighted by atomic mass is 35.5. The molecule has 0 aromatic heterocycles. The van der Waals surface area contributed by atoms with Crippen molar-refractivity contribution in [2.24, 2.45) is 0 Å². The summed E-state index contributed by atoms with van der Waals surface area (Å²) in [5.41, 5.74) is 2.77. The molecule has 4 nitrogen and oxygen atoms in total. The Kier molecular flexibility index (Phi) is 4.32. The molecule has 0 spiro atoms. The first-order valence-electron chi connectivity index (χ1n) is 6.14. The highest BCUT2D eigenvalue weighted by Crippen LogP contribution is 2.32. The van der Waals surface area contributed by atoms with Gasteiger partial charge >= 0.3 is 5.97 Å². The summed E-state index contributed by atoms with van der Waals surface area (Å²) < 4.78 is 10.1. The normalized spacial score (nSPS) is 15.6. The number of fused-ring (bicyclic) bond motifs is 1. The molecule has 0 fully saturated rings. The number of esters is 1. The zero-order chi connectivity index (χ0) is 13.8. The minimum atomic E-state index is -0.357. The number of nitrogens with one attached hydrogen (secondary N) is 1. The lowest BCUT2D eigenvalue weighted by Crippen LogP contribution is -2.23. The third kappa shape index (κ3) is 3.01. The van der Waals surface area contributed by atoms with E-state index in [1.54, 1.807) is 14.0 Å². The number of carbonyl (C=O) groups is 1. The summed E-state index contributed by atoms with van der Waals surface area (Å²) in [5.74, 6) is 0.294. The van der Waals surface area contributed by atoms with E-state index in [9.17, 15) is 4.79 Å². The summed E-state index contributed by atoms with van der Waals surface area (Å²) in [6.07, 6.45) is 2.33. The van der Waals surface area contributed by atoms with Crippen molar-refractivity contribution in [3.63, 3.8) is 0 Å². The van der Waals surface area contributed by atoms with E-state index in [2.05, 4.69) is 5.32 Å². The van der Waals surface area contributed by atoms with Crippen LogP contribution in [0.5, 0.6) is 5.75 Å². The van der Waals surface area contributed by atoms with Gasteiger partial charge in [-0.1, -0.05) is 11.6 Å². The Morgan fingerprint density at radius 1 is 1.53 bits per heavy atom. The molecule has 1 aliphatic heterocycles. The van der Waals surface area contributed by atoms with E-state index in [-0.39, 0.29) is 5.97 Å². The molecule has 0 saturated carbocycles. The summed E-state index contributed by atoms with van der Waals surface area (Å²) in [6, 6.07) is 3.73. The molecule has 5 heteroatoms. The monoisotopic (exact) mass is 281 g/mol. The first-order valence-corrected chi connectivity index (χ1v) is 6.52. The molecular formula is C14H16ClNO3. The molecule has 1 heterocycles. The fourth-order valence-corrected chi connectivity index (χ4v) is 2.31. The van der Waals surface area contributed by atoms with E-state index in [1.165, 1.54) is 6.08 Å². The van der Waals surface area contributed by atoms with Crippen LogP contribution < -0.4 is 10.1 Å². The zero-order valence-electron chi connectivity index (χ0n) is 11.0. The second-order valence-corrected chi connectivity index (χ2v) is 4.54. The minimum Gasteiger partial charge on any atom is -0.495 e. The molecule has 2 rings (SSSR count). The molecule has 1 aromatic rings. The first kappa shape index (κ1) is 13.7. The van der Waals surface area contributed by atoms with Crippen LogP contribution in [0.15, 0.2) is 18.2 Å². The molecule has 1 aromatic carbocycles. The number of ether oxygens (including phenoxy) is 2. The third-order valence-electron chi connectivity index (χ3n) is 2.93. The fourth-order valence-electron chi connectivity index (χ4n) is 2.07. The molecule has 0 aliphatic carbocycles. The van der Waals surface area contributed by atoms with Crippen molar-refractivity contribution in [3.05, 3.63) is 34.4 Å². The average Bonchev–Trinajstić information content (AvgIpc) is 2.39. The number of benzene rings is 1. The Labute approximate surface area is 117 Å². The van der Waals surface area contributed by atoms with Crippen LogP contribution in [0, 0.1) is 0 Å². The van der Waals surface area contributed by atoms with Crippen LogP contribution >= 0.6 is 11.6 Å². The maximum absolute atomic E-state index is 11.5. The number of rotatable bonds is 3. The molecule has 0 radical (unpaired) electrons. The topological polar surface area (TPSA) is 47.6 Å². The van der Waals surface area contributed by atoms with Gasteiger partial charge in [-0.05, 0) is 31.0 Å². The second kappa shape index (κ2) is 5.97. The van der Waals surface area contributed by atoms with E-state index in [0.29, 0.717) is 17.4 Å². The van der Waals surface area contributed by atoms with E-state index >= 15 is 0 Å². The molecule has 0 unspecified atom stereocenters. The molecule has 19 heavy (non-hydrogen) atoms. The van der Waals surface area contributed by atoms with Crippen LogP contribution in [-0.2, 0) is 16.0 Å². The Bertz CT molecular complexity index is 526. The maximum atomic E-state index is 11.5. The van der Waals surface area contributed by atoms with Gasteiger partial charge < -0.3 is 14.8 Å². The van der Waals surface area contributed by atoms with Crippen LogP contribution in [0.2, 0.25) is 5.02 Å². The SMILES string of the molecule is CCOC(=O)/C=C1\NCCc2cc(OC)c(Cl)cc21. The van der Waals surface area contributed by atoms with Gasteiger partial charge in [0.05, 0.1) is 18.7 Å². The lowest BCUT2D eigenvalue weighted by atomic mass is 9.97. The molecular weight excluding hydrogens is 266 g/mol. The highest BCUT2D eigenvalue weighted by molar-refractivity contribution is 6.32. The first-order chi connectivity index (χ1) is 9.15. The number of halogens is 1. The standard InChI is InChI=1S/C14H16ClNO3/c1-3-19-14(17)8-12-10-7-11(15)13(18-2)6-9(10)4-5-16-12/h6-8,16H,3-5H2,1-2H3/b12-8-. The average molecular weight is 282 g/mol. The molecule has 102 valence electrons. The smallest absolute Gasteiger partial charge is 0.332 e. The van der Waals surface area contributed by atoms with Gasteiger partial charge in [-0.25, -0.2) is 4.79 Å². The van der Waals surface area contributed by atoms with Crippen LogP contribution in [-0.4, -0.2) is 26.2 Å². The Balaban J connectivity index is 2.39. The van der Waals surface area contributed by atoms with Crippen molar-refractivity contribution >= 4 is 23.3 Å². The number of methoxy groups -OCH3 is 1. The highest BCUT2D eigenvalue weighted by Gasteiger charge is 2.17. The summed E-state index contributed by atoms with van der Waals surface area (Å²) in [5, 5.41) is 3.72. The van der Waals surface area contributed by atoms with Crippen LogP contribution in [0.4, 0.5) is 0 Å². The van der Waals surface area contributed by atoms with Crippen molar-refractivity contribution < 1.29 is 14.3 Å². The van der Waals surface area contributed by atoms with E-state index in [4.69, 9.17) is 21.1 Å². The van der Waals surface area contributed by atoms with E-state index in [0.717, 1.165) is 29.8 Å². The summed E-state index contributed by atoms with van der Waals surface area (Å²) in [7, 11) is 1.59. The Hall–Kier alpha value is -1.68. The second-order valence-electron chi connectivity index (χ2n) is 4.13. The lowest BCUT2D eigenvalue weighted by Gasteiger charge is -2.22. The largest absolute Gasteiger partial charge is 0.495 e. The number of carbonyl (C=O) groups excluding carboxylic acids is 1. The van der Waals surface area contributed by atoms with Gasteiger partial charge in [-0.2, -0.15) is 0 Å². The van der Waals surface area contributed by atoms with Crippen LogP contribution in [0.3, 0.4) is 0 Å². The van der Waals surface area contributed by atoms with E-state index in [1.807, 2.05) is 12.1 Å². The summed E-state index contributed by atoms with van der Waals surface area (Å²) >= 11 is 6.13. The molecule has 0 amide bonds. The Morgan fingerprint density at radius 2 is 2.32 bits per heavy atom. The Morgan fingerprint density at radius 3 is 3.00 bits per heavy atom. The van der Waals surface area contributed by atoms with Gasteiger partial charge in [0.15, 0.2) is 0 Å². The van der Waals surface area contributed by atoms with Gasteiger partial charge in [0.1, 0.15) is 5.75 Å². The predicted octanol–water partition coefficient (Wildman–Crippen LogP) is 2.40. The zero-order valence-corrected chi connectivity index (χ0v) is 11.7. The summed E-state index contributed by atoms with van der Waals surface area (Å²) in [6.45, 7) is 2.91. The van der Waals surface area contributed by atoms with Gasteiger partial charge in [-0.15, -0.1) is 0 Å². The fraction of sp³-hybridized carbons (Fsp3) is 0.357. The predicted molar refractivity (Wildman–Crippen MR) is 74.3 cm³/mol. The number of hydrogen-bond donors (Lipinski definition) is 1. The van der Waals surface area contributed by atoms with Crippen molar-refractivity contribution in [3.8, 4) is 5.75 Å². The third-order valence-corrected chi connectivity index (χ3v) is 3.22. The molecule has 1 aliphatic rings. The molecule has 0 bridgehead atoms. The quantitative estimate of drug-likeness (QED) is 0.683. The number of hydrogen-bond acceptors (Lipinski definition) is 4. The molecule has 0 saturated heterocycles. The lowest BCUT2D eigenvalue weighted by molar-refractivity contribution is -0.137. The summed E-state index contributed by atoms with van der Waals surface area (Å²) in [4.78, 5) is 11.5. The van der Waals surface area contributed by atoms with Crippen molar-refractivity contribution in [2.45, 2.75) is 13.3 Å². The maximum Gasteiger partial charge on any atom is 0.332 e.